The first-order chi connectivity index (χ1) is 9.77. The zero-order valence-corrected chi connectivity index (χ0v) is 12.2. The molecule has 2 rings (SSSR count). The zero-order valence-electron chi connectivity index (χ0n) is 11.3. The Morgan fingerprint density at radius 3 is 3.10 bits per heavy atom. The van der Waals surface area contributed by atoms with Crippen LogP contribution in [0, 0.1) is 11.8 Å². The fourth-order valence-electron chi connectivity index (χ4n) is 2.57. The van der Waals surface area contributed by atoms with Gasteiger partial charge in [-0.05, 0) is 37.1 Å². The molecule has 0 spiro atoms. The van der Waals surface area contributed by atoms with Crippen LogP contribution in [0.1, 0.15) is 40.9 Å². The van der Waals surface area contributed by atoms with E-state index in [9.17, 15) is 4.79 Å². The van der Waals surface area contributed by atoms with Gasteiger partial charge in [0.15, 0.2) is 0 Å². The lowest BCUT2D eigenvalue weighted by Crippen LogP contribution is -2.35. The minimum atomic E-state index is -0.202. The van der Waals surface area contributed by atoms with Crippen LogP contribution in [0.3, 0.4) is 0 Å². The molecule has 0 bridgehead atoms. The summed E-state index contributed by atoms with van der Waals surface area (Å²) in [5.74, 6) is 5.45. The van der Waals surface area contributed by atoms with E-state index in [1.807, 2.05) is 16.3 Å². The van der Waals surface area contributed by atoms with Crippen molar-refractivity contribution in [3.8, 4) is 11.8 Å². The maximum atomic E-state index is 12.6. The fraction of sp³-hybridized carbons (Fsp3) is 0.533. The summed E-state index contributed by atoms with van der Waals surface area (Å²) >= 11 is 1.40. The molecular weight excluding hydrogens is 274 g/mol. The van der Waals surface area contributed by atoms with E-state index < -0.39 is 0 Å². The summed E-state index contributed by atoms with van der Waals surface area (Å²) in [6, 6.07) is 2.05. The average molecular weight is 293 g/mol. The molecule has 0 aromatic carbocycles. The minimum Gasteiger partial charge on any atom is -0.396 e. The van der Waals surface area contributed by atoms with Gasteiger partial charge in [0.05, 0.1) is 0 Å². The van der Waals surface area contributed by atoms with Crippen LogP contribution in [-0.4, -0.2) is 46.8 Å². The number of hydrogen-bond acceptors (Lipinski definition) is 4. The zero-order chi connectivity index (χ0) is 14.4. The number of amides is 1. The quantitative estimate of drug-likeness (QED) is 0.827. The molecule has 1 aromatic rings. The highest BCUT2D eigenvalue weighted by Gasteiger charge is 2.30. The maximum Gasteiger partial charge on any atom is 0.265 e. The van der Waals surface area contributed by atoms with Crippen LogP contribution in [0.5, 0.6) is 0 Å². The molecule has 1 fully saturated rings. The topological polar surface area (TPSA) is 60.8 Å². The second-order valence-corrected chi connectivity index (χ2v) is 5.70. The number of rotatable bonds is 4. The highest BCUT2D eigenvalue weighted by atomic mass is 32.1. The number of nitrogens with zero attached hydrogens (tertiary/aromatic N) is 1. The van der Waals surface area contributed by atoms with Gasteiger partial charge in [-0.3, -0.25) is 4.79 Å². The van der Waals surface area contributed by atoms with Crippen LogP contribution in [0.4, 0.5) is 0 Å². The summed E-state index contributed by atoms with van der Waals surface area (Å²) in [6.07, 6.45) is 3.61. The average Bonchev–Trinajstić information content (AvgIpc) is 3.10. The first-order valence-corrected chi connectivity index (χ1v) is 7.75. The van der Waals surface area contributed by atoms with Gasteiger partial charge in [0.2, 0.25) is 0 Å². The maximum absolute atomic E-state index is 12.6. The van der Waals surface area contributed by atoms with Crippen molar-refractivity contribution in [2.75, 3.05) is 19.8 Å². The molecule has 0 aliphatic carbocycles. The molecule has 1 aromatic heterocycles. The number of carbonyl (C=O) groups excluding carboxylic acids is 1. The van der Waals surface area contributed by atoms with E-state index in [-0.39, 0.29) is 25.2 Å². The molecule has 1 aliphatic rings. The summed E-state index contributed by atoms with van der Waals surface area (Å²) in [5, 5.41) is 19.5. The van der Waals surface area contributed by atoms with Crippen LogP contribution in [-0.2, 0) is 0 Å². The third kappa shape index (κ3) is 3.40. The van der Waals surface area contributed by atoms with Crippen molar-refractivity contribution in [1.29, 1.82) is 0 Å². The minimum absolute atomic E-state index is 0.0303. The van der Waals surface area contributed by atoms with Gasteiger partial charge in [0.25, 0.3) is 5.91 Å². The molecule has 1 unspecified atom stereocenters. The number of likely N-dealkylation sites (tertiary alicyclic amines) is 1. The number of aliphatic hydroxyl groups excluding tert-OH is 2. The molecule has 1 aliphatic heterocycles. The summed E-state index contributed by atoms with van der Waals surface area (Å²) < 4.78 is 0. The lowest BCUT2D eigenvalue weighted by atomic mass is 10.1. The lowest BCUT2D eigenvalue weighted by molar-refractivity contribution is 0.0729. The van der Waals surface area contributed by atoms with Gasteiger partial charge in [-0.1, -0.05) is 11.8 Å². The number of hydrogen-bond donors (Lipinski definition) is 2. The standard InChI is InChI=1S/C15H19NO3S/c17-9-2-4-12-7-11-20-14(12)15(19)16-8-1-5-13(16)6-3-10-18/h7,11,13,17-18H,1,3,5-6,8-10H2. The molecule has 1 amide bonds. The van der Waals surface area contributed by atoms with Crippen molar-refractivity contribution in [1.82, 2.24) is 4.90 Å². The molecule has 1 saturated heterocycles. The Kier molecular flexibility index (Phi) is 5.60. The summed E-state index contributed by atoms with van der Waals surface area (Å²) in [5.41, 5.74) is 0.696. The number of aliphatic hydroxyl groups is 2. The van der Waals surface area contributed by atoms with Crippen molar-refractivity contribution < 1.29 is 15.0 Å². The van der Waals surface area contributed by atoms with Gasteiger partial charge >= 0.3 is 0 Å². The Labute approximate surface area is 123 Å². The van der Waals surface area contributed by atoms with Gasteiger partial charge in [-0.15, -0.1) is 11.3 Å². The molecule has 5 heteroatoms. The molecule has 0 saturated carbocycles. The normalized spacial score (nSPS) is 17.9. The number of carbonyl (C=O) groups is 1. The van der Waals surface area contributed by atoms with Gasteiger partial charge in [0, 0.05) is 24.8 Å². The Morgan fingerprint density at radius 1 is 1.50 bits per heavy atom. The van der Waals surface area contributed by atoms with Crippen LogP contribution < -0.4 is 0 Å². The van der Waals surface area contributed by atoms with Crippen molar-refractivity contribution in [3.63, 3.8) is 0 Å². The highest BCUT2D eigenvalue weighted by Crippen LogP contribution is 2.26. The monoisotopic (exact) mass is 293 g/mol. The van der Waals surface area contributed by atoms with E-state index in [1.165, 1.54) is 11.3 Å². The van der Waals surface area contributed by atoms with E-state index in [2.05, 4.69) is 11.8 Å². The Balaban J connectivity index is 2.12. The van der Waals surface area contributed by atoms with E-state index in [0.717, 1.165) is 32.2 Å². The smallest absolute Gasteiger partial charge is 0.265 e. The predicted molar refractivity (Wildman–Crippen MR) is 78.7 cm³/mol. The van der Waals surface area contributed by atoms with Gasteiger partial charge in [0.1, 0.15) is 11.5 Å². The third-order valence-corrected chi connectivity index (χ3v) is 4.40. The molecule has 4 nitrogen and oxygen atoms in total. The second-order valence-electron chi connectivity index (χ2n) is 4.78. The predicted octanol–water partition coefficient (Wildman–Crippen LogP) is 1.47. The molecule has 0 radical (unpaired) electrons. The van der Waals surface area contributed by atoms with Gasteiger partial charge in [-0.2, -0.15) is 0 Å². The molecule has 108 valence electrons. The molecule has 1 atom stereocenters. The molecule has 20 heavy (non-hydrogen) atoms. The fourth-order valence-corrected chi connectivity index (χ4v) is 3.37. The van der Waals surface area contributed by atoms with Crippen LogP contribution >= 0.6 is 11.3 Å². The third-order valence-electron chi connectivity index (χ3n) is 3.50. The Bertz CT molecular complexity index is 515. The summed E-state index contributed by atoms with van der Waals surface area (Å²) in [6.45, 7) is 0.747. The molecule has 2 N–H and O–H groups in total. The van der Waals surface area contributed by atoms with E-state index in [4.69, 9.17) is 10.2 Å². The van der Waals surface area contributed by atoms with E-state index in [1.54, 1.807) is 0 Å². The lowest BCUT2D eigenvalue weighted by Gasteiger charge is -2.24. The van der Waals surface area contributed by atoms with Gasteiger partial charge in [-0.25, -0.2) is 0 Å². The second kappa shape index (κ2) is 7.44. The SMILES string of the molecule is O=C(c1sccc1C#CCO)N1CCCC1CCCO. The Hall–Kier alpha value is -1.35. The first kappa shape index (κ1) is 15.0. The van der Waals surface area contributed by atoms with E-state index in [0.29, 0.717) is 10.4 Å². The van der Waals surface area contributed by atoms with Crippen LogP contribution in [0.15, 0.2) is 11.4 Å². The number of thiophene rings is 1. The van der Waals surface area contributed by atoms with E-state index >= 15 is 0 Å². The van der Waals surface area contributed by atoms with Crippen molar-refractivity contribution in [2.24, 2.45) is 0 Å². The van der Waals surface area contributed by atoms with Crippen molar-refractivity contribution in [3.05, 3.63) is 21.9 Å². The molecule has 2 heterocycles. The van der Waals surface area contributed by atoms with Gasteiger partial charge < -0.3 is 15.1 Å². The van der Waals surface area contributed by atoms with Crippen LogP contribution in [0.25, 0.3) is 0 Å². The summed E-state index contributed by atoms with van der Waals surface area (Å²) in [7, 11) is 0. The first-order valence-electron chi connectivity index (χ1n) is 6.87. The largest absolute Gasteiger partial charge is 0.396 e. The highest BCUT2D eigenvalue weighted by molar-refractivity contribution is 7.12. The van der Waals surface area contributed by atoms with Crippen molar-refractivity contribution >= 4 is 17.2 Å². The van der Waals surface area contributed by atoms with Crippen molar-refractivity contribution in [2.45, 2.75) is 31.7 Å². The Morgan fingerprint density at radius 2 is 2.35 bits per heavy atom. The summed E-state index contributed by atoms with van der Waals surface area (Å²) in [4.78, 5) is 15.2. The molecular formula is C15H19NO3S. The van der Waals surface area contributed by atoms with Crippen LogP contribution in [0.2, 0.25) is 0 Å².